The standard InChI is InChI=1S/C28H18ClN9O17S6/c29-25-32-26(34-27(33-25)57-28(40)41)31-14-3-6-16(17(11-14)58-53-51-42)36-38-23-19(60(44,45)46)10-12-9-18(59-54-52-43)22(24(39)20(12)21(23)30)37-35-13-1-4-15(5-2-13)56-8-7-50-55-61(47,48)49/h1-6,9-11,39,42-43H,30H2,(H,40,41)(H,44,45,46)(H,47,48,49)(H,31,32,33,34). The van der Waals surface area contributed by atoms with Gasteiger partial charge in [-0.1, -0.05) is 10.1 Å². The molecule has 26 nitrogen and oxygen atoms in total. The molecule has 0 aliphatic rings. The summed E-state index contributed by atoms with van der Waals surface area (Å²) in [7, 11) is -9.99. The summed E-state index contributed by atoms with van der Waals surface area (Å²) < 4.78 is 77.6. The van der Waals surface area contributed by atoms with Crippen molar-refractivity contribution in [2.75, 3.05) is 11.1 Å². The van der Waals surface area contributed by atoms with Gasteiger partial charge >= 0.3 is 15.7 Å². The molecular weight excluding hydrogens is 962 g/mol. The number of nitrogen functional groups attached to an aromatic ring is 1. The molecule has 0 bridgehead atoms. The topological polar surface area (TPSA) is 388 Å². The molecule has 0 radical (unpaired) electrons. The average molecular weight is 980 g/mol. The fraction of sp³-hybridized carbons (Fsp3) is 0. The Labute approximate surface area is 361 Å². The number of halogens is 1. The summed E-state index contributed by atoms with van der Waals surface area (Å²) in [6.45, 7) is 0. The number of nitrogens with one attached hydrogen (secondary N) is 1. The van der Waals surface area contributed by atoms with Gasteiger partial charge in [-0.25, -0.2) is 15.3 Å². The Hall–Kier alpha value is -5.19. The number of aromatic hydroxyl groups is 1. The molecule has 320 valence electrons. The number of phenols is 1. The van der Waals surface area contributed by atoms with E-state index in [1.54, 1.807) is 0 Å². The van der Waals surface area contributed by atoms with Gasteiger partial charge in [0, 0.05) is 27.6 Å². The maximum atomic E-state index is 12.6. The lowest BCUT2D eigenvalue weighted by Crippen LogP contribution is -2.02. The number of hydrogen-bond acceptors (Lipinski definition) is 27. The Morgan fingerprint density at radius 1 is 0.869 bits per heavy atom. The van der Waals surface area contributed by atoms with Crippen LogP contribution < -0.4 is 11.1 Å². The van der Waals surface area contributed by atoms with Gasteiger partial charge in [-0.05, 0) is 87.7 Å². The highest BCUT2D eigenvalue weighted by Gasteiger charge is 2.26. The normalized spacial score (nSPS) is 11.9. The zero-order valence-corrected chi connectivity index (χ0v) is 34.6. The van der Waals surface area contributed by atoms with Crippen LogP contribution in [0.2, 0.25) is 5.28 Å². The van der Waals surface area contributed by atoms with E-state index in [4.69, 9.17) is 37.5 Å². The van der Waals surface area contributed by atoms with Gasteiger partial charge in [0.2, 0.25) is 16.4 Å². The molecular formula is C28H18ClN9O17S6. The predicted octanol–water partition coefficient (Wildman–Crippen LogP) is 8.18. The summed E-state index contributed by atoms with van der Waals surface area (Å²) >= 11 is 7.72. The van der Waals surface area contributed by atoms with E-state index in [1.165, 1.54) is 48.5 Å². The van der Waals surface area contributed by atoms with E-state index >= 15 is 0 Å². The third-order valence-electron chi connectivity index (χ3n) is 6.61. The van der Waals surface area contributed by atoms with E-state index in [0.29, 0.717) is 29.0 Å². The molecule has 0 unspecified atom stereocenters. The van der Waals surface area contributed by atoms with E-state index in [9.17, 15) is 31.3 Å². The Balaban J connectivity index is 1.52. The molecule has 1 heterocycles. The van der Waals surface area contributed by atoms with Crippen LogP contribution in [0.25, 0.3) is 10.8 Å². The van der Waals surface area contributed by atoms with Crippen LogP contribution in [0, 0.1) is 11.4 Å². The predicted molar refractivity (Wildman–Crippen MR) is 212 cm³/mol. The number of thioether (sulfide) groups is 2. The maximum absolute atomic E-state index is 12.6. The van der Waals surface area contributed by atoms with Crippen LogP contribution in [0.4, 0.5) is 44.9 Å². The highest BCUT2D eigenvalue weighted by Crippen LogP contribution is 2.50. The number of carbonyl (C=O) groups is 1. The van der Waals surface area contributed by atoms with Crippen LogP contribution in [-0.4, -0.2) is 66.9 Å². The summed E-state index contributed by atoms with van der Waals surface area (Å²) in [6.07, 6.45) is 1.88. The number of benzene rings is 4. The second-order valence-corrected chi connectivity index (χ2v) is 16.4. The lowest BCUT2D eigenvalue weighted by atomic mass is 10.1. The zero-order valence-electron chi connectivity index (χ0n) is 28.9. The van der Waals surface area contributed by atoms with Crippen LogP contribution in [0.15, 0.2) is 99.8 Å². The fourth-order valence-electron chi connectivity index (χ4n) is 4.41. The molecule has 61 heavy (non-hydrogen) atoms. The summed E-state index contributed by atoms with van der Waals surface area (Å²) in [5, 5.41) is 64.4. The molecule has 5 aromatic rings. The Kier molecular flexibility index (Phi) is 16.2. The summed E-state index contributed by atoms with van der Waals surface area (Å²) in [5.41, 5.74) is 5.14. The van der Waals surface area contributed by atoms with E-state index in [0.717, 1.165) is 17.8 Å². The zero-order chi connectivity index (χ0) is 44.3. The van der Waals surface area contributed by atoms with Crippen LogP contribution in [0.5, 0.6) is 5.75 Å². The number of anilines is 3. The van der Waals surface area contributed by atoms with Gasteiger partial charge in [-0.2, -0.15) is 36.9 Å². The highest BCUT2D eigenvalue weighted by atomic mass is 35.5. The van der Waals surface area contributed by atoms with Gasteiger partial charge in [-0.15, -0.1) is 24.0 Å². The smallest absolute Gasteiger partial charge is 0.433 e. The van der Waals surface area contributed by atoms with Crippen molar-refractivity contribution in [3.8, 4) is 17.1 Å². The molecule has 0 amide bonds. The minimum Gasteiger partial charge on any atom is -0.505 e. The molecule has 0 saturated heterocycles. The third-order valence-corrected chi connectivity index (χ3v) is 10.4. The first-order valence-electron chi connectivity index (χ1n) is 15.0. The van der Waals surface area contributed by atoms with Gasteiger partial charge < -0.3 is 21.3 Å². The average Bonchev–Trinajstić information content (AvgIpc) is 3.18. The van der Waals surface area contributed by atoms with Crippen molar-refractivity contribution >= 4 is 136 Å². The highest BCUT2D eigenvalue weighted by molar-refractivity contribution is 8.13. The lowest BCUT2D eigenvalue weighted by Gasteiger charge is -2.14. The molecule has 0 fully saturated rings. The number of carboxylic acid groups (broad SMARTS) is 1. The number of aromatic nitrogens is 3. The van der Waals surface area contributed by atoms with Gasteiger partial charge in [0.25, 0.3) is 10.1 Å². The number of phenolic OH excluding ortho intramolecular Hbond substituents is 1. The van der Waals surface area contributed by atoms with Crippen molar-refractivity contribution < 1.29 is 79.4 Å². The summed E-state index contributed by atoms with van der Waals surface area (Å²) in [4.78, 5) is 26.2. The van der Waals surface area contributed by atoms with E-state index in [2.05, 4.69) is 73.9 Å². The molecule has 0 atom stereocenters. The van der Waals surface area contributed by atoms with Crippen molar-refractivity contribution in [3.05, 3.63) is 59.9 Å². The molecule has 4 aromatic carbocycles. The number of fused-ring (bicyclic) bond motifs is 1. The summed E-state index contributed by atoms with van der Waals surface area (Å²) in [6, 6.07) is 12.0. The Morgan fingerprint density at radius 3 is 2.21 bits per heavy atom. The number of nitrogens with zero attached hydrogens (tertiary/aromatic N) is 7. The van der Waals surface area contributed by atoms with Crippen LogP contribution in [0.1, 0.15) is 0 Å². The SMILES string of the molecule is Nc1c(N=Nc2ccc(Nc3nc(Cl)nc(SC(=O)O)n3)cc2SOOO)c(S(=O)(=O)O)cc2cc(SOOO)c(N=Nc3ccc(SC#COOS(=O)(=O)O)cc3)c(O)c12. The van der Waals surface area contributed by atoms with Crippen LogP contribution in [-0.2, 0) is 48.5 Å². The fourth-order valence-corrected chi connectivity index (χ4v) is 7.26. The van der Waals surface area contributed by atoms with Crippen LogP contribution >= 0.6 is 59.2 Å². The quantitative estimate of drug-likeness (QED) is 0.00636. The summed E-state index contributed by atoms with van der Waals surface area (Å²) in [5.74, 6) is -0.898. The Morgan fingerprint density at radius 2 is 1.56 bits per heavy atom. The van der Waals surface area contributed by atoms with E-state index in [1.807, 2.05) is 6.11 Å². The monoisotopic (exact) mass is 979 g/mol. The Bertz CT molecular complexity index is 2820. The molecule has 5 rings (SSSR count). The van der Waals surface area contributed by atoms with Crippen molar-refractivity contribution in [2.45, 2.75) is 24.7 Å². The molecule has 0 saturated carbocycles. The van der Waals surface area contributed by atoms with Gasteiger partial charge in [-0.3, -0.25) is 14.0 Å². The molecule has 0 aliphatic carbocycles. The molecule has 0 spiro atoms. The third kappa shape index (κ3) is 13.4. The number of rotatable bonds is 17. The minimum absolute atomic E-state index is 0.0213. The van der Waals surface area contributed by atoms with Crippen molar-refractivity contribution in [1.29, 1.82) is 0 Å². The second-order valence-electron chi connectivity index (χ2n) is 10.4. The van der Waals surface area contributed by atoms with Crippen molar-refractivity contribution in [2.24, 2.45) is 20.5 Å². The first kappa shape index (κ1) is 46.9. The van der Waals surface area contributed by atoms with Crippen molar-refractivity contribution in [3.63, 3.8) is 0 Å². The molecule has 9 N–H and O–H groups in total. The minimum atomic E-state index is -5.13. The first-order chi connectivity index (χ1) is 28.9. The maximum Gasteiger partial charge on any atom is 0.433 e. The number of azo groups is 2. The van der Waals surface area contributed by atoms with E-state index in [-0.39, 0.29) is 71.5 Å². The number of nitrogens with two attached hydrogens (primary N) is 1. The van der Waals surface area contributed by atoms with Gasteiger partial charge in [0.15, 0.2) is 11.9 Å². The first-order valence-corrected chi connectivity index (χ1v) is 21.3. The molecule has 1 aromatic heterocycles. The van der Waals surface area contributed by atoms with Gasteiger partial charge in [0.05, 0.1) is 50.6 Å². The van der Waals surface area contributed by atoms with Crippen molar-refractivity contribution in [1.82, 2.24) is 15.0 Å². The second kappa shape index (κ2) is 21.1. The number of hydrogen-bond donors (Lipinski definition) is 8. The van der Waals surface area contributed by atoms with Crippen LogP contribution in [0.3, 0.4) is 0 Å². The van der Waals surface area contributed by atoms with Gasteiger partial charge in [0.1, 0.15) is 22.0 Å². The molecule has 33 heteroatoms. The molecule has 0 aliphatic heterocycles. The van der Waals surface area contributed by atoms with E-state index < -0.39 is 47.8 Å². The lowest BCUT2D eigenvalue weighted by molar-refractivity contribution is -0.432. The largest absolute Gasteiger partial charge is 0.505 e.